The van der Waals surface area contributed by atoms with Crippen LogP contribution in [-0.2, 0) is 6.42 Å². The zero-order valence-corrected chi connectivity index (χ0v) is 10.6. The zero-order valence-electron chi connectivity index (χ0n) is 8.16. The van der Waals surface area contributed by atoms with Crippen LogP contribution in [0.4, 0.5) is 0 Å². The SMILES string of the molecule is CNCCc1nc(-c2cc(Br)cs2)no1. The van der Waals surface area contributed by atoms with Gasteiger partial charge in [-0.15, -0.1) is 11.3 Å². The van der Waals surface area contributed by atoms with Crippen LogP contribution in [0.1, 0.15) is 5.89 Å². The minimum Gasteiger partial charge on any atom is -0.339 e. The Labute approximate surface area is 99.8 Å². The second-order valence-corrected chi connectivity index (χ2v) is 4.82. The van der Waals surface area contributed by atoms with Gasteiger partial charge in [0, 0.05) is 22.8 Å². The highest BCUT2D eigenvalue weighted by Crippen LogP contribution is 2.27. The molecule has 2 heterocycles. The summed E-state index contributed by atoms with van der Waals surface area (Å²) in [4.78, 5) is 5.32. The van der Waals surface area contributed by atoms with Gasteiger partial charge in [-0.2, -0.15) is 4.98 Å². The molecule has 0 unspecified atom stereocenters. The number of hydrogen-bond acceptors (Lipinski definition) is 5. The lowest BCUT2D eigenvalue weighted by Gasteiger charge is -1.90. The van der Waals surface area contributed by atoms with E-state index in [0.29, 0.717) is 11.7 Å². The van der Waals surface area contributed by atoms with Gasteiger partial charge in [0.1, 0.15) is 0 Å². The zero-order chi connectivity index (χ0) is 10.7. The van der Waals surface area contributed by atoms with Gasteiger partial charge in [0.25, 0.3) is 0 Å². The van der Waals surface area contributed by atoms with Crippen molar-refractivity contribution < 1.29 is 4.52 Å². The Morgan fingerprint density at radius 2 is 2.47 bits per heavy atom. The van der Waals surface area contributed by atoms with Crippen LogP contribution in [0.25, 0.3) is 10.7 Å². The third kappa shape index (κ3) is 2.64. The second kappa shape index (κ2) is 4.87. The average Bonchev–Trinajstić information content (AvgIpc) is 2.83. The fraction of sp³-hybridized carbons (Fsp3) is 0.333. The van der Waals surface area contributed by atoms with Crippen LogP contribution >= 0.6 is 27.3 Å². The lowest BCUT2D eigenvalue weighted by molar-refractivity contribution is 0.378. The standard InChI is InChI=1S/C9H10BrN3OS/c1-11-3-2-8-12-9(13-14-8)7-4-6(10)5-15-7/h4-5,11H,2-3H2,1H3. The van der Waals surface area contributed by atoms with Crippen LogP contribution < -0.4 is 5.32 Å². The van der Waals surface area contributed by atoms with Gasteiger partial charge < -0.3 is 9.84 Å². The van der Waals surface area contributed by atoms with Gasteiger partial charge in [-0.05, 0) is 29.0 Å². The maximum atomic E-state index is 5.12. The number of nitrogens with one attached hydrogen (secondary N) is 1. The van der Waals surface area contributed by atoms with Gasteiger partial charge >= 0.3 is 0 Å². The number of hydrogen-bond donors (Lipinski definition) is 1. The van der Waals surface area contributed by atoms with Crippen LogP contribution in [0, 0.1) is 0 Å². The number of thiophene rings is 1. The van der Waals surface area contributed by atoms with Crippen molar-refractivity contribution in [3.8, 4) is 10.7 Å². The highest BCUT2D eigenvalue weighted by Gasteiger charge is 2.09. The van der Waals surface area contributed by atoms with Crippen LogP contribution in [0.2, 0.25) is 0 Å². The first-order valence-electron chi connectivity index (χ1n) is 4.51. The molecule has 2 aromatic rings. The molecule has 0 aliphatic rings. The van der Waals surface area contributed by atoms with E-state index in [-0.39, 0.29) is 0 Å². The quantitative estimate of drug-likeness (QED) is 0.938. The highest BCUT2D eigenvalue weighted by molar-refractivity contribution is 9.10. The molecule has 0 aliphatic carbocycles. The van der Waals surface area contributed by atoms with Gasteiger partial charge in [0.2, 0.25) is 11.7 Å². The maximum Gasteiger partial charge on any atom is 0.228 e. The third-order valence-electron chi connectivity index (χ3n) is 1.84. The fourth-order valence-electron chi connectivity index (χ4n) is 1.12. The first-order chi connectivity index (χ1) is 7.29. The molecular weight excluding hydrogens is 278 g/mol. The predicted molar refractivity (Wildman–Crippen MR) is 62.9 cm³/mol. The molecule has 15 heavy (non-hydrogen) atoms. The van der Waals surface area contributed by atoms with Crippen molar-refractivity contribution in [2.24, 2.45) is 0 Å². The maximum absolute atomic E-state index is 5.12. The normalized spacial score (nSPS) is 10.8. The van der Waals surface area contributed by atoms with Crippen molar-refractivity contribution >= 4 is 27.3 Å². The Kier molecular flexibility index (Phi) is 3.50. The Hall–Kier alpha value is -0.720. The molecule has 80 valence electrons. The van der Waals surface area contributed by atoms with E-state index in [1.165, 1.54) is 0 Å². The molecule has 0 bridgehead atoms. The summed E-state index contributed by atoms with van der Waals surface area (Å²) in [6, 6.07) is 1.98. The first-order valence-corrected chi connectivity index (χ1v) is 6.18. The second-order valence-electron chi connectivity index (χ2n) is 2.99. The Morgan fingerprint density at radius 3 is 3.13 bits per heavy atom. The topological polar surface area (TPSA) is 51.0 Å². The van der Waals surface area contributed by atoms with Crippen LogP contribution in [0.5, 0.6) is 0 Å². The largest absolute Gasteiger partial charge is 0.339 e. The molecule has 0 amide bonds. The fourth-order valence-corrected chi connectivity index (χ4v) is 2.47. The minimum absolute atomic E-state index is 0.664. The number of aromatic nitrogens is 2. The molecule has 0 saturated heterocycles. The van der Waals surface area contributed by atoms with E-state index in [0.717, 1.165) is 22.3 Å². The summed E-state index contributed by atoms with van der Waals surface area (Å²) in [5, 5.41) is 8.96. The van der Waals surface area contributed by atoms with Gasteiger partial charge in [0.15, 0.2) is 0 Å². The molecule has 2 aromatic heterocycles. The minimum atomic E-state index is 0.664. The van der Waals surface area contributed by atoms with Crippen LogP contribution in [0.15, 0.2) is 20.4 Å². The molecule has 0 aliphatic heterocycles. The average molecular weight is 288 g/mol. The molecule has 2 rings (SSSR count). The van der Waals surface area contributed by atoms with Gasteiger partial charge in [-0.1, -0.05) is 5.16 Å². The Bertz CT molecular complexity index is 440. The molecule has 0 aromatic carbocycles. The number of likely N-dealkylation sites (N-methyl/N-ethyl adjacent to an activating group) is 1. The number of nitrogens with zero attached hydrogens (tertiary/aromatic N) is 2. The third-order valence-corrected chi connectivity index (χ3v) is 3.53. The first kappa shape index (κ1) is 10.8. The Morgan fingerprint density at radius 1 is 1.60 bits per heavy atom. The van der Waals surface area contributed by atoms with Crippen LogP contribution in [-0.4, -0.2) is 23.7 Å². The summed E-state index contributed by atoms with van der Waals surface area (Å²) in [7, 11) is 1.90. The lowest BCUT2D eigenvalue weighted by atomic mass is 10.4. The lowest BCUT2D eigenvalue weighted by Crippen LogP contribution is -2.10. The molecule has 6 heteroatoms. The summed E-state index contributed by atoms with van der Waals surface area (Å²) >= 11 is 4.98. The van der Waals surface area contributed by atoms with E-state index < -0.39 is 0 Å². The van der Waals surface area contributed by atoms with Crippen LogP contribution in [0.3, 0.4) is 0 Å². The van der Waals surface area contributed by atoms with E-state index in [9.17, 15) is 0 Å². The van der Waals surface area contributed by atoms with Gasteiger partial charge in [-0.25, -0.2) is 0 Å². The van der Waals surface area contributed by atoms with Gasteiger partial charge in [0.05, 0.1) is 4.88 Å². The smallest absolute Gasteiger partial charge is 0.228 e. The summed E-state index contributed by atoms with van der Waals surface area (Å²) in [6.45, 7) is 0.843. The van der Waals surface area contributed by atoms with E-state index in [2.05, 4.69) is 31.4 Å². The van der Waals surface area contributed by atoms with Crippen molar-refractivity contribution in [1.82, 2.24) is 15.5 Å². The van der Waals surface area contributed by atoms with E-state index in [1.54, 1.807) is 11.3 Å². The number of halogens is 1. The van der Waals surface area contributed by atoms with Crippen molar-refractivity contribution in [1.29, 1.82) is 0 Å². The van der Waals surface area contributed by atoms with Gasteiger partial charge in [-0.3, -0.25) is 0 Å². The molecule has 0 fully saturated rings. The molecular formula is C9H10BrN3OS. The number of rotatable bonds is 4. The van der Waals surface area contributed by atoms with E-state index in [4.69, 9.17) is 4.52 Å². The molecule has 0 radical (unpaired) electrons. The summed E-state index contributed by atoms with van der Waals surface area (Å²) < 4.78 is 6.17. The summed E-state index contributed by atoms with van der Waals surface area (Å²) in [6.07, 6.45) is 0.760. The van der Waals surface area contributed by atoms with Crippen molar-refractivity contribution in [2.45, 2.75) is 6.42 Å². The van der Waals surface area contributed by atoms with Crippen molar-refractivity contribution in [3.05, 3.63) is 21.8 Å². The molecule has 1 N–H and O–H groups in total. The monoisotopic (exact) mass is 287 g/mol. The summed E-state index contributed by atoms with van der Waals surface area (Å²) in [5.41, 5.74) is 0. The molecule has 0 saturated carbocycles. The van der Waals surface area contributed by atoms with E-state index >= 15 is 0 Å². The summed E-state index contributed by atoms with van der Waals surface area (Å²) in [5.74, 6) is 1.33. The van der Waals surface area contributed by atoms with Crippen molar-refractivity contribution in [3.63, 3.8) is 0 Å². The Balaban J connectivity index is 2.13. The molecule has 4 nitrogen and oxygen atoms in total. The van der Waals surface area contributed by atoms with Crippen molar-refractivity contribution in [2.75, 3.05) is 13.6 Å². The molecule has 0 spiro atoms. The highest BCUT2D eigenvalue weighted by atomic mass is 79.9. The van der Waals surface area contributed by atoms with E-state index in [1.807, 2.05) is 18.5 Å². The predicted octanol–water partition coefficient (Wildman–Crippen LogP) is 2.32. The molecule has 0 atom stereocenters.